The average Bonchev–Trinajstić information content (AvgIpc) is 2.25. The van der Waals surface area contributed by atoms with E-state index < -0.39 is 5.97 Å². The van der Waals surface area contributed by atoms with Gasteiger partial charge >= 0.3 is 5.97 Å². The highest BCUT2D eigenvalue weighted by Crippen LogP contribution is 2.13. The van der Waals surface area contributed by atoms with Crippen molar-refractivity contribution in [1.29, 1.82) is 0 Å². The fraction of sp³-hybridized carbons (Fsp3) is 0.300. The summed E-state index contributed by atoms with van der Waals surface area (Å²) in [6.07, 6.45) is 0.439. The molecular formula is C10H12N2O3. The molecule has 0 aliphatic carbocycles. The molecule has 15 heavy (non-hydrogen) atoms. The first-order valence-electron chi connectivity index (χ1n) is 4.61. The molecule has 0 saturated heterocycles. The van der Waals surface area contributed by atoms with Gasteiger partial charge in [-0.3, -0.25) is 4.79 Å². The third-order valence-corrected chi connectivity index (χ3v) is 1.91. The molecule has 0 aliphatic rings. The van der Waals surface area contributed by atoms with E-state index in [-0.39, 0.29) is 6.42 Å². The largest absolute Gasteiger partial charge is 0.481 e. The summed E-state index contributed by atoms with van der Waals surface area (Å²) in [5.74, 6) is -0.867. The number of carbonyl (C=O) groups is 1. The molecule has 1 N–H and O–H groups in total. The Hall–Kier alpha value is -1.91. The summed E-state index contributed by atoms with van der Waals surface area (Å²) in [4.78, 5) is 20.8. The van der Waals surface area contributed by atoms with E-state index in [0.29, 0.717) is 18.7 Å². The number of aliphatic carboxylic acids is 1. The Labute approximate surface area is 87.3 Å². The summed E-state index contributed by atoms with van der Waals surface area (Å²) in [6, 6.07) is 8.93. The second-order valence-electron chi connectivity index (χ2n) is 3.04. The zero-order valence-corrected chi connectivity index (χ0v) is 8.17. The molecule has 0 spiro atoms. The van der Waals surface area contributed by atoms with Crippen molar-refractivity contribution in [2.24, 2.45) is 5.29 Å². The molecule has 80 valence electrons. The number of hydrogen-bond acceptors (Lipinski definition) is 3. The van der Waals surface area contributed by atoms with E-state index in [1.807, 2.05) is 6.07 Å². The summed E-state index contributed by atoms with van der Waals surface area (Å²) in [6.45, 7) is 0.319. The predicted molar refractivity (Wildman–Crippen MR) is 56.5 cm³/mol. The Balaban J connectivity index is 2.50. The Morgan fingerprint density at radius 3 is 2.53 bits per heavy atom. The van der Waals surface area contributed by atoms with Crippen LogP contribution in [0.1, 0.15) is 12.8 Å². The number of anilines is 1. The van der Waals surface area contributed by atoms with E-state index in [1.165, 1.54) is 5.01 Å². The van der Waals surface area contributed by atoms with Gasteiger partial charge in [0, 0.05) is 13.0 Å². The van der Waals surface area contributed by atoms with Gasteiger partial charge in [0.25, 0.3) is 0 Å². The molecule has 0 aromatic heterocycles. The Morgan fingerprint density at radius 2 is 2.00 bits per heavy atom. The highest BCUT2D eigenvalue weighted by molar-refractivity contribution is 5.66. The smallest absolute Gasteiger partial charge is 0.303 e. The average molecular weight is 208 g/mol. The van der Waals surface area contributed by atoms with Gasteiger partial charge in [-0.05, 0) is 18.6 Å². The maximum Gasteiger partial charge on any atom is 0.303 e. The van der Waals surface area contributed by atoms with Gasteiger partial charge in [0.15, 0.2) is 0 Å². The minimum absolute atomic E-state index is 0.0405. The van der Waals surface area contributed by atoms with Gasteiger partial charge in [-0.1, -0.05) is 18.2 Å². The third-order valence-electron chi connectivity index (χ3n) is 1.91. The molecule has 0 radical (unpaired) electrons. The van der Waals surface area contributed by atoms with Gasteiger partial charge in [0.05, 0.1) is 11.0 Å². The number of para-hydroxylation sites is 1. The minimum atomic E-state index is -0.867. The van der Waals surface area contributed by atoms with Crippen molar-refractivity contribution >= 4 is 11.7 Å². The lowest BCUT2D eigenvalue weighted by Crippen LogP contribution is -2.17. The van der Waals surface area contributed by atoms with Crippen LogP contribution < -0.4 is 5.01 Å². The molecule has 0 aliphatic heterocycles. The maximum atomic E-state index is 10.5. The molecular weight excluding hydrogens is 196 g/mol. The Bertz CT molecular complexity index is 327. The van der Waals surface area contributed by atoms with Crippen molar-refractivity contribution in [2.45, 2.75) is 12.8 Å². The topological polar surface area (TPSA) is 70.0 Å². The highest BCUT2D eigenvalue weighted by Gasteiger charge is 2.06. The van der Waals surface area contributed by atoms with Crippen molar-refractivity contribution in [3.8, 4) is 0 Å². The molecule has 1 aromatic carbocycles. The molecule has 0 saturated carbocycles. The fourth-order valence-electron chi connectivity index (χ4n) is 1.20. The lowest BCUT2D eigenvalue weighted by atomic mass is 10.2. The van der Waals surface area contributed by atoms with Crippen LogP contribution in [-0.2, 0) is 4.79 Å². The van der Waals surface area contributed by atoms with Crippen LogP contribution in [0, 0.1) is 4.91 Å². The van der Waals surface area contributed by atoms with Crippen molar-refractivity contribution in [1.82, 2.24) is 0 Å². The van der Waals surface area contributed by atoms with Gasteiger partial charge in [-0.2, -0.15) is 0 Å². The molecule has 0 amide bonds. The van der Waals surface area contributed by atoms with Crippen molar-refractivity contribution in [3.63, 3.8) is 0 Å². The lowest BCUT2D eigenvalue weighted by molar-refractivity contribution is -0.137. The quantitative estimate of drug-likeness (QED) is 0.573. The molecule has 0 heterocycles. The standard InChI is InChI=1S/C10H12N2O3/c13-10(14)7-4-8-12(11-15)9-5-2-1-3-6-9/h1-3,5-6H,4,7-8H2,(H,13,14). The first-order valence-corrected chi connectivity index (χ1v) is 4.61. The van der Waals surface area contributed by atoms with Crippen molar-refractivity contribution < 1.29 is 9.90 Å². The number of benzene rings is 1. The monoisotopic (exact) mass is 208 g/mol. The lowest BCUT2D eigenvalue weighted by Gasteiger charge is -2.13. The molecule has 0 bridgehead atoms. The third kappa shape index (κ3) is 3.76. The second kappa shape index (κ2) is 5.74. The van der Waals surface area contributed by atoms with Gasteiger partial charge in [-0.25, -0.2) is 5.01 Å². The van der Waals surface area contributed by atoms with Crippen LogP contribution in [0.4, 0.5) is 5.69 Å². The van der Waals surface area contributed by atoms with E-state index in [9.17, 15) is 9.70 Å². The van der Waals surface area contributed by atoms with Gasteiger partial charge in [0.2, 0.25) is 0 Å². The van der Waals surface area contributed by atoms with Crippen LogP contribution in [0.3, 0.4) is 0 Å². The highest BCUT2D eigenvalue weighted by atomic mass is 16.4. The number of rotatable bonds is 6. The molecule has 0 unspecified atom stereocenters. The first-order chi connectivity index (χ1) is 7.24. The van der Waals surface area contributed by atoms with Gasteiger partial charge in [0.1, 0.15) is 0 Å². The molecule has 1 aromatic rings. The summed E-state index contributed by atoms with van der Waals surface area (Å²) >= 11 is 0. The second-order valence-corrected chi connectivity index (χ2v) is 3.04. The minimum Gasteiger partial charge on any atom is -0.481 e. The van der Waals surface area contributed by atoms with Gasteiger partial charge in [-0.15, -0.1) is 4.91 Å². The number of nitroso groups, excluding NO2 is 1. The number of hydrogen-bond donors (Lipinski definition) is 1. The van der Waals surface area contributed by atoms with E-state index in [4.69, 9.17) is 5.11 Å². The zero-order chi connectivity index (χ0) is 11.1. The normalized spacial score (nSPS) is 9.60. The molecule has 0 fully saturated rings. The van der Waals surface area contributed by atoms with E-state index in [0.717, 1.165) is 0 Å². The maximum absolute atomic E-state index is 10.5. The summed E-state index contributed by atoms with van der Waals surface area (Å²) in [5, 5.41) is 12.5. The van der Waals surface area contributed by atoms with Crippen molar-refractivity contribution in [2.75, 3.05) is 11.6 Å². The van der Waals surface area contributed by atoms with Crippen LogP contribution in [0.25, 0.3) is 0 Å². The van der Waals surface area contributed by atoms with Crippen LogP contribution in [0.5, 0.6) is 0 Å². The summed E-state index contributed by atoms with van der Waals surface area (Å²) < 4.78 is 0. The Kier molecular flexibility index (Phi) is 4.28. The molecule has 1 rings (SSSR count). The molecule has 5 heteroatoms. The van der Waals surface area contributed by atoms with E-state index in [2.05, 4.69) is 5.29 Å². The number of nitrogens with zero attached hydrogens (tertiary/aromatic N) is 2. The summed E-state index contributed by atoms with van der Waals surface area (Å²) in [5.41, 5.74) is 0.679. The van der Waals surface area contributed by atoms with Gasteiger partial charge < -0.3 is 5.11 Å². The number of carboxylic acids is 1. The van der Waals surface area contributed by atoms with E-state index in [1.54, 1.807) is 24.3 Å². The predicted octanol–water partition coefficient (Wildman–Crippen LogP) is 2.04. The molecule has 5 nitrogen and oxygen atoms in total. The Morgan fingerprint density at radius 1 is 1.33 bits per heavy atom. The van der Waals surface area contributed by atoms with Crippen LogP contribution >= 0.6 is 0 Å². The summed E-state index contributed by atoms with van der Waals surface area (Å²) in [7, 11) is 0. The molecule has 0 atom stereocenters. The van der Waals surface area contributed by atoms with Crippen LogP contribution in [0.2, 0.25) is 0 Å². The first kappa shape index (κ1) is 11.2. The van der Waals surface area contributed by atoms with Crippen LogP contribution in [0.15, 0.2) is 35.6 Å². The SMILES string of the molecule is O=NN(CCCC(=O)O)c1ccccc1. The number of carboxylic acid groups (broad SMARTS) is 1. The van der Waals surface area contributed by atoms with E-state index >= 15 is 0 Å². The zero-order valence-electron chi connectivity index (χ0n) is 8.17. The fourth-order valence-corrected chi connectivity index (χ4v) is 1.20. The van der Waals surface area contributed by atoms with Crippen LogP contribution in [-0.4, -0.2) is 17.6 Å². The van der Waals surface area contributed by atoms with Crippen molar-refractivity contribution in [3.05, 3.63) is 35.2 Å².